The molecular weight excluding hydrogens is 290 g/mol. The largest absolute Gasteiger partial charge is 0.494 e. The smallest absolute Gasteiger partial charge is 0.321 e. The molecule has 0 bridgehead atoms. The standard InChI is InChI=1S/C18H25N3O2/c1-3-23-17-12-15(7-6-14(17)2)19-18(22)21-11-8-16(13-21)20-9-4-5-10-20/h4-7,12,16H,3,8-11,13H2,1-2H3,(H,19,22). The zero-order valence-corrected chi connectivity index (χ0v) is 13.9. The van der Waals surface area contributed by atoms with Gasteiger partial charge in [0.05, 0.1) is 6.61 Å². The highest BCUT2D eigenvalue weighted by Gasteiger charge is 2.30. The monoisotopic (exact) mass is 315 g/mol. The highest BCUT2D eigenvalue weighted by Crippen LogP contribution is 2.24. The Morgan fingerprint density at radius 3 is 2.87 bits per heavy atom. The third-order valence-corrected chi connectivity index (χ3v) is 4.55. The number of ether oxygens (including phenoxy) is 1. The fraction of sp³-hybridized carbons (Fsp3) is 0.500. The molecule has 2 aliphatic rings. The number of likely N-dealkylation sites (tertiary alicyclic amines) is 1. The molecule has 1 aromatic carbocycles. The van der Waals surface area contributed by atoms with Gasteiger partial charge in [-0.1, -0.05) is 18.2 Å². The van der Waals surface area contributed by atoms with E-state index in [4.69, 9.17) is 4.74 Å². The van der Waals surface area contributed by atoms with E-state index in [0.29, 0.717) is 12.6 Å². The minimum atomic E-state index is -0.0223. The molecule has 124 valence electrons. The highest BCUT2D eigenvalue weighted by atomic mass is 16.5. The van der Waals surface area contributed by atoms with Crippen LogP contribution in [0.3, 0.4) is 0 Å². The Kier molecular flexibility index (Phi) is 4.86. The highest BCUT2D eigenvalue weighted by molar-refractivity contribution is 5.89. The van der Waals surface area contributed by atoms with Crippen molar-refractivity contribution < 1.29 is 9.53 Å². The molecule has 3 rings (SSSR count). The molecule has 1 saturated heterocycles. The Morgan fingerprint density at radius 1 is 1.35 bits per heavy atom. The van der Waals surface area contributed by atoms with Crippen LogP contribution in [0.15, 0.2) is 30.4 Å². The number of amides is 2. The van der Waals surface area contributed by atoms with E-state index in [-0.39, 0.29) is 6.03 Å². The molecule has 2 aliphatic heterocycles. The van der Waals surface area contributed by atoms with Gasteiger partial charge in [0.2, 0.25) is 0 Å². The first-order chi connectivity index (χ1) is 11.2. The molecule has 0 saturated carbocycles. The maximum atomic E-state index is 12.5. The Labute approximate surface area is 137 Å². The predicted molar refractivity (Wildman–Crippen MR) is 92.1 cm³/mol. The van der Waals surface area contributed by atoms with Crippen molar-refractivity contribution in [3.63, 3.8) is 0 Å². The van der Waals surface area contributed by atoms with E-state index >= 15 is 0 Å². The summed E-state index contributed by atoms with van der Waals surface area (Å²) in [4.78, 5) is 16.8. The third kappa shape index (κ3) is 3.67. The first kappa shape index (κ1) is 15.9. The lowest BCUT2D eigenvalue weighted by Crippen LogP contribution is -2.38. The van der Waals surface area contributed by atoms with E-state index in [1.54, 1.807) is 0 Å². The molecule has 2 amide bonds. The summed E-state index contributed by atoms with van der Waals surface area (Å²) in [6.45, 7) is 8.23. The Bertz CT molecular complexity index is 592. The van der Waals surface area contributed by atoms with Gasteiger partial charge in [-0.15, -0.1) is 0 Å². The third-order valence-electron chi connectivity index (χ3n) is 4.55. The summed E-state index contributed by atoms with van der Waals surface area (Å²) in [5.74, 6) is 0.827. The number of carbonyl (C=O) groups is 1. The van der Waals surface area contributed by atoms with Crippen molar-refractivity contribution in [3.8, 4) is 5.75 Å². The maximum absolute atomic E-state index is 12.5. The van der Waals surface area contributed by atoms with Crippen LogP contribution in [0.2, 0.25) is 0 Å². The van der Waals surface area contributed by atoms with Crippen molar-refractivity contribution in [2.75, 3.05) is 38.1 Å². The van der Waals surface area contributed by atoms with Crippen LogP contribution in [-0.2, 0) is 0 Å². The van der Waals surface area contributed by atoms with Crippen LogP contribution in [-0.4, -0.2) is 54.7 Å². The van der Waals surface area contributed by atoms with E-state index < -0.39 is 0 Å². The number of benzene rings is 1. The lowest BCUT2D eigenvalue weighted by Gasteiger charge is -2.23. The van der Waals surface area contributed by atoms with Crippen molar-refractivity contribution in [2.45, 2.75) is 26.3 Å². The van der Waals surface area contributed by atoms with Crippen LogP contribution >= 0.6 is 0 Å². The summed E-state index contributed by atoms with van der Waals surface area (Å²) < 4.78 is 5.59. The maximum Gasteiger partial charge on any atom is 0.321 e. The van der Waals surface area contributed by atoms with Crippen molar-refractivity contribution in [1.29, 1.82) is 0 Å². The summed E-state index contributed by atoms with van der Waals surface area (Å²) in [5.41, 5.74) is 1.86. The molecule has 1 atom stereocenters. The number of rotatable bonds is 4. The first-order valence-corrected chi connectivity index (χ1v) is 8.36. The number of hydrogen-bond donors (Lipinski definition) is 1. The second-order valence-corrected chi connectivity index (χ2v) is 6.16. The van der Waals surface area contributed by atoms with E-state index in [9.17, 15) is 4.79 Å². The van der Waals surface area contributed by atoms with Crippen molar-refractivity contribution in [1.82, 2.24) is 9.80 Å². The second-order valence-electron chi connectivity index (χ2n) is 6.16. The number of nitrogens with zero attached hydrogens (tertiary/aromatic N) is 2. The molecule has 0 aliphatic carbocycles. The van der Waals surface area contributed by atoms with Gasteiger partial charge < -0.3 is 15.0 Å². The van der Waals surface area contributed by atoms with Crippen LogP contribution in [0.1, 0.15) is 18.9 Å². The van der Waals surface area contributed by atoms with Gasteiger partial charge >= 0.3 is 6.03 Å². The van der Waals surface area contributed by atoms with Crippen LogP contribution in [0.25, 0.3) is 0 Å². The lowest BCUT2D eigenvalue weighted by atomic mass is 10.2. The first-order valence-electron chi connectivity index (χ1n) is 8.36. The molecule has 1 aromatic rings. The number of aryl methyl sites for hydroxylation is 1. The molecule has 0 aromatic heterocycles. The molecule has 0 spiro atoms. The van der Waals surface area contributed by atoms with Gasteiger partial charge in [0, 0.05) is 44.0 Å². The number of urea groups is 1. The molecule has 5 nitrogen and oxygen atoms in total. The van der Waals surface area contributed by atoms with Crippen molar-refractivity contribution >= 4 is 11.7 Å². The number of nitrogens with one attached hydrogen (secondary N) is 1. The van der Waals surface area contributed by atoms with Crippen LogP contribution < -0.4 is 10.1 Å². The van der Waals surface area contributed by atoms with E-state index in [0.717, 1.165) is 49.6 Å². The molecule has 1 unspecified atom stereocenters. The van der Waals surface area contributed by atoms with Gasteiger partial charge in [-0.2, -0.15) is 0 Å². The molecule has 23 heavy (non-hydrogen) atoms. The Hall–Kier alpha value is -2.01. The minimum absolute atomic E-state index is 0.0223. The fourth-order valence-corrected chi connectivity index (χ4v) is 3.21. The topological polar surface area (TPSA) is 44.8 Å². The average molecular weight is 315 g/mol. The second kappa shape index (κ2) is 7.04. The number of carbonyl (C=O) groups excluding carboxylic acids is 1. The Balaban J connectivity index is 1.58. The number of anilines is 1. The van der Waals surface area contributed by atoms with Gasteiger partial charge in [0.25, 0.3) is 0 Å². The van der Waals surface area contributed by atoms with Crippen molar-refractivity contribution in [2.24, 2.45) is 0 Å². The minimum Gasteiger partial charge on any atom is -0.494 e. The normalized spacial score (nSPS) is 21.0. The molecule has 1 fully saturated rings. The quantitative estimate of drug-likeness (QED) is 0.869. The van der Waals surface area contributed by atoms with Crippen LogP contribution in [0.4, 0.5) is 10.5 Å². The van der Waals surface area contributed by atoms with E-state index in [1.807, 2.05) is 36.9 Å². The fourth-order valence-electron chi connectivity index (χ4n) is 3.21. The van der Waals surface area contributed by atoms with Gasteiger partial charge in [-0.3, -0.25) is 4.90 Å². The summed E-state index contributed by atoms with van der Waals surface area (Å²) in [6, 6.07) is 6.25. The van der Waals surface area contributed by atoms with Gasteiger partial charge in [-0.25, -0.2) is 4.79 Å². The zero-order chi connectivity index (χ0) is 16.2. The molecular formula is C18H25N3O2. The molecule has 5 heteroatoms. The SMILES string of the molecule is CCOc1cc(NC(=O)N2CCC(N3CC=CC3)C2)ccc1C. The lowest BCUT2D eigenvalue weighted by molar-refractivity contribution is 0.212. The summed E-state index contributed by atoms with van der Waals surface area (Å²) in [5, 5.41) is 2.99. The zero-order valence-electron chi connectivity index (χ0n) is 13.9. The van der Waals surface area contributed by atoms with Crippen LogP contribution in [0.5, 0.6) is 5.75 Å². The summed E-state index contributed by atoms with van der Waals surface area (Å²) in [6.07, 6.45) is 5.45. The summed E-state index contributed by atoms with van der Waals surface area (Å²) >= 11 is 0. The average Bonchev–Trinajstić information content (AvgIpc) is 3.21. The van der Waals surface area contributed by atoms with Gasteiger partial charge in [0.1, 0.15) is 5.75 Å². The van der Waals surface area contributed by atoms with Crippen molar-refractivity contribution in [3.05, 3.63) is 35.9 Å². The van der Waals surface area contributed by atoms with E-state index in [2.05, 4.69) is 22.4 Å². The molecule has 2 heterocycles. The van der Waals surface area contributed by atoms with E-state index in [1.165, 1.54) is 0 Å². The summed E-state index contributed by atoms with van der Waals surface area (Å²) in [7, 11) is 0. The predicted octanol–water partition coefficient (Wildman–Crippen LogP) is 2.87. The van der Waals surface area contributed by atoms with Crippen LogP contribution in [0, 0.1) is 6.92 Å². The Morgan fingerprint density at radius 2 is 2.13 bits per heavy atom. The molecule has 1 N–H and O–H groups in total. The van der Waals surface area contributed by atoms with Gasteiger partial charge in [0.15, 0.2) is 0 Å². The van der Waals surface area contributed by atoms with Gasteiger partial charge in [-0.05, 0) is 31.9 Å². The number of hydrogen-bond acceptors (Lipinski definition) is 3. The molecule has 0 radical (unpaired) electrons.